The maximum atomic E-state index is 13.5. The van der Waals surface area contributed by atoms with E-state index in [1.54, 1.807) is 0 Å². The largest absolute Gasteiger partial charge is 0.417 e. The summed E-state index contributed by atoms with van der Waals surface area (Å²) in [5.74, 6) is -0.341. The lowest BCUT2D eigenvalue weighted by atomic mass is 9.82. The third kappa shape index (κ3) is 7.95. The normalized spacial score (nSPS) is 15.1. The first kappa shape index (κ1) is 24.8. The van der Waals surface area contributed by atoms with Crippen LogP contribution in [-0.2, 0) is 16.7 Å². The molecule has 1 fully saturated rings. The number of oxime groups is 1. The van der Waals surface area contributed by atoms with Gasteiger partial charge >= 0.3 is 16.7 Å². The van der Waals surface area contributed by atoms with Gasteiger partial charge in [-0.25, -0.2) is 4.39 Å². The van der Waals surface area contributed by atoms with Crippen LogP contribution in [0.3, 0.4) is 0 Å². The summed E-state index contributed by atoms with van der Waals surface area (Å²) in [5.41, 5.74) is -0.628. The van der Waals surface area contributed by atoms with E-state index in [1.165, 1.54) is 36.4 Å². The third-order valence-corrected chi connectivity index (χ3v) is 4.85. The third-order valence-electron chi connectivity index (χ3n) is 4.62. The van der Waals surface area contributed by atoms with Gasteiger partial charge in [0.25, 0.3) is 0 Å². The van der Waals surface area contributed by atoms with E-state index >= 15 is 0 Å². The lowest BCUT2D eigenvalue weighted by molar-refractivity contribution is -0.137. The Bertz CT molecular complexity index is 1010. The number of benzene rings is 2. The van der Waals surface area contributed by atoms with Gasteiger partial charge in [0.15, 0.2) is 5.75 Å². The first-order chi connectivity index (χ1) is 14.6. The number of nitrogens with zero attached hydrogens (tertiary/aromatic N) is 1. The van der Waals surface area contributed by atoms with Crippen molar-refractivity contribution in [2.75, 3.05) is 0 Å². The van der Waals surface area contributed by atoms with Crippen LogP contribution in [-0.4, -0.2) is 14.1 Å². The maximum absolute atomic E-state index is 13.5. The van der Waals surface area contributed by atoms with Gasteiger partial charge in [-0.2, -0.15) is 26.4 Å². The van der Waals surface area contributed by atoms with Gasteiger partial charge in [0.1, 0.15) is 5.82 Å². The van der Waals surface area contributed by atoms with E-state index in [1.807, 2.05) is 0 Å². The second-order valence-electron chi connectivity index (χ2n) is 6.78. The topological polar surface area (TPSA) is 79.6 Å². The number of halogens is 5. The van der Waals surface area contributed by atoms with Crippen molar-refractivity contribution >= 4 is 27.8 Å². The predicted octanol–water partition coefficient (Wildman–Crippen LogP) is 6.49. The highest BCUT2D eigenvalue weighted by molar-refractivity contribution is 7.60. The number of hydrogen-bond acceptors (Lipinski definition) is 5. The molecule has 0 saturated heterocycles. The van der Waals surface area contributed by atoms with E-state index in [0.29, 0.717) is 0 Å². The summed E-state index contributed by atoms with van der Waals surface area (Å²) >= 11 is 5.98. The average molecular weight is 479 g/mol. The molecule has 0 unspecified atom stereocenters. The molecule has 3 rings (SSSR count). The molecule has 0 amide bonds. The van der Waals surface area contributed by atoms with Crippen LogP contribution in [0, 0.1) is 16.5 Å². The molecule has 1 aliphatic carbocycles. The minimum absolute atomic E-state index is 0.0657. The van der Waals surface area contributed by atoms with Crippen molar-refractivity contribution in [3.8, 4) is 5.75 Å². The molecule has 168 valence electrons. The predicted molar refractivity (Wildman–Crippen MR) is 108 cm³/mol. The van der Waals surface area contributed by atoms with Gasteiger partial charge in [-0.15, -0.1) is 0 Å². The average Bonchev–Trinajstić information content (AvgIpc) is 2.69. The molecule has 0 heterocycles. The first-order valence-electron chi connectivity index (χ1n) is 9.26. The Morgan fingerprint density at radius 1 is 1.06 bits per heavy atom. The molecule has 1 aliphatic rings. The lowest BCUT2D eigenvalue weighted by Gasteiger charge is -2.25. The minimum atomic E-state index is -4.54. The molecule has 2 aromatic carbocycles. The lowest BCUT2D eigenvalue weighted by Crippen LogP contribution is -2.23. The van der Waals surface area contributed by atoms with Crippen LogP contribution in [0.1, 0.15) is 43.2 Å². The highest BCUT2D eigenvalue weighted by Crippen LogP contribution is 2.37. The number of hydrogen-bond donors (Lipinski definition) is 1. The molecular formula is C20H19ClF4N2O3S. The van der Waals surface area contributed by atoms with Gasteiger partial charge in [0, 0.05) is 16.5 Å². The quantitative estimate of drug-likeness (QED) is 0.310. The van der Waals surface area contributed by atoms with Crippen molar-refractivity contribution in [3.05, 3.63) is 64.4 Å². The van der Waals surface area contributed by atoms with Crippen LogP contribution in [0.15, 0.2) is 47.6 Å². The van der Waals surface area contributed by atoms with Crippen LogP contribution >= 0.6 is 11.6 Å². The molecule has 0 aliphatic heterocycles. The molecule has 0 radical (unpaired) electrons. The Labute approximate surface area is 183 Å². The van der Waals surface area contributed by atoms with Gasteiger partial charge in [-0.05, 0) is 55.3 Å². The highest BCUT2D eigenvalue weighted by atomic mass is 35.5. The van der Waals surface area contributed by atoms with Gasteiger partial charge in [0.05, 0.1) is 11.3 Å². The second kappa shape index (κ2) is 11.2. The SMILES string of the molecule is Fc1ccc(O/N=C(/c2cc(Cl)ccc2C(F)(F)F)C2CCCCC2)cc1.N=S(=O)=O. The molecule has 0 spiro atoms. The van der Waals surface area contributed by atoms with E-state index in [0.717, 1.165) is 38.2 Å². The van der Waals surface area contributed by atoms with Crippen LogP contribution in [0.25, 0.3) is 0 Å². The first-order valence-corrected chi connectivity index (χ1v) is 10.7. The number of alkyl halides is 3. The van der Waals surface area contributed by atoms with E-state index in [4.69, 9.17) is 29.6 Å². The Hall–Kier alpha value is -2.46. The standard InChI is InChI=1S/C20H18ClF4NO.HNO2S/c21-14-6-11-18(20(23,24)25)17(12-14)19(13-4-2-1-3-5-13)26-27-16-9-7-15(22)8-10-16;1-4(2)3/h6-13H,1-5H2;1H/b26-19+;. The van der Waals surface area contributed by atoms with E-state index in [2.05, 4.69) is 5.16 Å². The molecular weight excluding hydrogens is 460 g/mol. The fourth-order valence-electron chi connectivity index (χ4n) is 3.29. The molecule has 2 aromatic rings. The number of nitrogens with one attached hydrogen (secondary N) is 1. The van der Waals surface area contributed by atoms with Gasteiger partial charge < -0.3 is 4.84 Å². The summed E-state index contributed by atoms with van der Waals surface area (Å²) in [7, 11) is -2.61. The van der Waals surface area contributed by atoms with Crippen LogP contribution in [0.4, 0.5) is 17.6 Å². The van der Waals surface area contributed by atoms with E-state index in [9.17, 15) is 17.6 Å². The minimum Gasteiger partial charge on any atom is -0.357 e. The van der Waals surface area contributed by atoms with E-state index in [-0.39, 0.29) is 28.0 Å². The summed E-state index contributed by atoms with van der Waals surface area (Å²) in [6.07, 6.45) is -0.190. The zero-order chi connectivity index (χ0) is 23.0. The second-order valence-corrected chi connectivity index (χ2v) is 7.68. The van der Waals surface area contributed by atoms with Crippen molar-refractivity contribution < 1.29 is 30.8 Å². The molecule has 0 atom stereocenters. The van der Waals surface area contributed by atoms with Gasteiger partial charge in [0.2, 0.25) is 0 Å². The monoisotopic (exact) mass is 478 g/mol. The zero-order valence-corrected chi connectivity index (χ0v) is 17.7. The Kier molecular flexibility index (Phi) is 9.00. The molecule has 0 bridgehead atoms. The Morgan fingerprint density at radius 2 is 1.65 bits per heavy atom. The van der Waals surface area contributed by atoms with Crippen molar-refractivity contribution in [3.63, 3.8) is 0 Å². The molecule has 1 saturated carbocycles. The maximum Gasteiger partial charge on any atom is 0.417 e. The molecule has 5 nitrogen and oxygen atoms in total. The van der Waals surface area contributed by atoms with Crippen molar-refractivity contribution in [1.82, 2.24) is 0 Å². The van der Waals surface area contributed by atoms with Crippen molar-refractivity contribution in [1.29, 1.82) is 4.78 Å². The number of rotatable bonds is 4. The van der Waals surface area contributed by atoms with Crippen LogP contribution in [0.5, 0.6) is 5.75 Å². The summed E-state index contributed by atoms with van der Waals surface area (Å²) < 4.78 is 76.5. The van der Waals surface area contributed by atoms with Crippen LogP contribution in [0.2, 0.25) is 5.02 Å². The Balaban J connectivity index is 0.000000785. The van der Waals surface area contributed by atoms with Crippen molar-refractivity contribution in [2.24, 2.45) is 11.1 Å². The Morgan fingerprint density at radius 3 is 2.19 bits per heavy atom. The van der Waals surface area contributed by atoms with Crippen LogP contribution < -0.4 is 4.84 Å². The van der Waals surface area contributed by atoms with Crippen molar-refractivity contribution in [2.45, 2.75) is 38.3 Å². The summed E-state index contributed by atoms with van der Waals surface area (Å²) in [6.45, 7) is 0. The molecule has 1 N–H and O–H groups in total. The summed E-state index contributed by atoms with van der Waals surface area (Å²) in [6, 6.07) is 8.62. The van der Waals surface area contributed by atoms with E-state index < -0.39 is 28.1 Å². The summed E-state index contributed by atoms with van der Waals surface area (Å²) in [5, 5.41) is 4.27. The fourth-order valence-corrected chi connectivity index (χ4v) is 3.46. The fraction of sp³-hybridized carbons (Fsp3) is 0.350. The molecule has 31 heavy (non-hydrogen) atoms. The highest BCUT2D eigenvalue weighted by Gasteiger charge is 2.36. The molecule has 0 aromatic heterocycles. The van der Waals surface area contributed by atoms with Gasteiger partial charge in [-0.1, -0.05) is 36.0 Å². The zero-order valence-electron chi connectivity index (χ0n) is 16.1. The molecule has 11 heteroatoms. The summed E-state index contributed by atoms with van der Waals surface area (Å²) in [4.78, 5) is 5.35. The smallest absolute Gasteiger partial charge is 0.357 e. The van der Waals surface area contributed by atoms with Gasteiger partial charge in [-0.3, -0.25) is 0 Å².